The van der Waals surface area contributed by atoms with Crippen molar-refractivity contribution in [2.75, 3.05) is 24.5 Å². The molecule has 78 valence electrons. The summed E-state index contributed by atoms with van der Waals surface area (Å²) in [5, 5.41) is 4.50. The predicted molar refractivity (Wildman–Crippen MR) is 59.0 cm³/mol. The Kier molecular flexibility index (Phi) is 2.98. The van der Waals surface area contributed by atoms with E-state index < -0.39 is 0 Å². The summed E-state index contributed by atoms with van der Waals surface area (Å²) in [5.74, 6) is 0.969. The van der Waals surface area contributed by atoms with E-state index in [1.54, 1.807) is 0 Å². The molecule has 0 radical (unpaired) electrons. The van der Waals surface area contributed by atoms with Crippen molar-refractivity contribution < 1.29 is 0 Å². The molecule has 1 N–H and O–H groups in total. The van der Waals surface area contributed by atoms with Gasteiger partial charge < -0.3 is 10.2 Å². The van der Waals surface area contributed by atoms with Gasteiger partial charge in [-0.05, 0) is 6.92 Å². The van der Waals surface area contributed by atoms with Gasteiger partial charge in [-0.25, -0.2) is 4.98 Å². The Bertz CT molecular complexity index is 299. The van der Waals surface area contributed by atoms with Crippen LogP contribution in [0.2, 0.25) is 0 Å². The molecule has 1 aliphatic rings. The normalized spacial score (nSPS) is 22.7. The summed E-state index contributed by atoms with van der Waals surface area (Å²) in [5.41, 5.74) is 0. The average molecular weight is 212 g/mol. The largest absolute Gasteiger partial charge is 0.344 e. The fraction of sp³-hybridized carbons (Fsp3) is 0.778. The molecule has 0 spiro atoms. The van der Waals surface area contributed by atoms with Gasteiger partial charge in [-0.15, -0.1) is 0 Å². The summed E-state index contributed by atoms with van der Waals surface area (Å²) in [6.45, 7) is 7.42. The number of piperazine rings is 1. The van der Waals surface area contributed by atoms with Crippen LogP contribution >= 0.6 is 11.5 Å². The topological polar surface area (TPSA) is 41.1 Å². The Morgan fingerprint density at radius 3 is 3.14 bits per heavy atom. The lowest BCUT2D eigenvalue weighted by molar-refractivity contribution is 0.484. The molecular weight excluding hydrogens is 196 g/mol. The highest BCUT2D eigenvalue weighted by atomic mass is 32.1. The van der Waals surface area contributed by atoms with Crippen molar-refractivity contribution in [2.45, 2.75) is 26.3 Å². The summed E-state index contributed by atoms with van der Waals surface area (Å²) >= 11 is 1.52. The highest BCUT2D eigenvalue weighted by Crippen LogP contribution is 2.18. The molecule has 1 aliphatic heterocycles. The van der Waals surface area contributed by atoms with Gasteiger partial charge in [0.05, 0.1) is 0 Å². The molecule has 0 unspecified atom stereocenters. The average Bonchev–Trinajstić information content (AvgIpc) is 2.66. The maximum absolute atomic E-state index is 4.49. The van der Waals surface area contributed by atoms with Crippen LogP contribution in [0, 0.1) is 0 Å². The first-order valence-corrected chi connectivity index (χ1v) is 5.88. The molecule has 1 atom stereocenters. The maximum atomic E-state index is 4.49. The number of hydrogen-bond donors (Lipinski definition) is 1. The smallest absolute Gasteiger partial charge is 0.205 e. The summed E-state index contributed by atoms with van der Waals surface area (Å²) in [6.07, 6.45) is 0.929. The van der Waals surface area contributed by atoms with Gasteiger partial charge in [-0.1, -0.05) is 6.92 Å². The van der Waals surface area contributed by atoms with E-state index in [0.717, 1.165) is 37.0 Å². The lowest BCUT2D eigenvalue weighted by Gasteiger charge is -2.31. The van der Waals surface area contributed by atoms with E-state index in [2.05, 4.69) is 33.4 Å². The van der Waals surface area contributed by atoms with E-state index in [0.29, 0.717) is 6.04 Å². The van der Waals surface area contributed by atoms with Gasteiger partial charge in [0.15, 0.2) is 0 Å². The molecule has 0 aliphatic carbocycles. The van der Waals surface area contributed by atoms with Crippen LogP contribution < -0.4 is 10.2 Å². The fourth-order valence-electron chi connectivity index (χ4n) is 1.62. The zero-order valence-corrected chi connectivity index (χ0v) is 9.47. The molecule has 0 saturated carbocycles. The molecule has 4 nitrogen and oxygen atoms in total. The van der Waals surface area contributed by atoms with Gasteiger partial charge in [0.1, 0.15) is 5.82 Å². The van der Waals surface area contributed by atoms with Crippen molar-refractivity contribution in [3.63, 3.8) is 0 Å². The number of aryl methyl sites for hydroxylation is 1. The molecular formula is C9H16N4S. The molecule has 1 aromatic heterocycles. The fourth-order valence-corrected chi connectivity index (χ4v) is 2.41. The number of nitrogens with one attached hydrogen (secondary N) is 1. The van der Waals surface area contributed by atoms with E-state index in [-0.39, 0.29) is 0 Å². The minimum atomic E-state index is 0.553. The van der Waals surface area contributed by atoms with E-state index in [1.807, 2.05) is 0 Å². The van der Waals surface area contributed by atoms with Crippen molar-refractivity contribution in [3.05, 3.63) is 5.82 Å². The second-order valence-electron chi connectivity index (χ2n) is 3.65. The van der Waals surface area contributed by atoms with Crippen molar-refractivity contribution in [3.8, 4) is 0 Å². The standard InChI is InChI=1S/C9H16N4S/c1-3-8-11-9(14-12-8)13-5-4-10-7(2)6-13/h7,10H,3-6H2,1-2H3/t7-/m0/s1. The highest BCUT2D eigenvalue weighted by molar-refractivity contribution is 7.09. The minimum Gasteiger partial charge on any atom is -0.344 e. The Balaban J connectivity index is 2.06. The SMILES string of the molecule is CCc1nsc(N2CCN[C@@H](C)C2)n1. The monoisotopic (exact) mass is 212 g/mol. The van der Waals surface area contributed by atoms with Crippen LogP contribution in [-0.4, -0.2) is 35.0 Å². The Hall–Kier alpha value is -0.680. The first-order valence-electron chi connectivity index (χ1n) is 5.10. The highest BCUT2D eigenvalue weighted by Gasteiger charge is 2.18. The van der Waals surface area contributed by atoms with Gasteiger partial charge in [-0.2, -0.15) is 4.37 Å². The summed E-state index contributed by atoms with van der Waals surface area (Å²) in [4.78, 5) is 6.81. The minimum absolute atomic E-state index is 0.553. The zero-order valence-electron chi connectivity index (χ0n) is 8.66. The Labute approximate surface area is 88.5 Å². The second kappa shape index (κ2) is 4.23. The lowest BCUT2D eigenvalue weighted by atomic mass is 10.2. The van der Waals surface area contributed by atoms with E-state index in [9.17, 15) is 0 Å². The van der Waals surface area contributed by atoms with Gasteiger partial charge in [0.2, 0.25) is 5.13 Å². The molecule has 2 rings (SSSR count). The molecule has 0 amide bonds. The molecule has 2 heterocycles. The van der Waals surface area contributed by atoms with Crippen LogP contribution in [0.4, 0.5) is 5.13 Å². The maximum Gasteiger partial charge on any atom is 0.205 e. The van der Waals surface area contributed by atoms with Gasteiger partial charge in [0.25, 0.3) is 0 Å². The molecule has 14 heavy (non-hydrogen) atoms. The van der Waals surface area contributed by atoms with Crippen molar-refractivity contribution >= 4 is 16.7 Å². The lowest BCUT2D eigenvalue weighted by Crippen LogP contribution is -2.49. The van der Waals surface area contributed by atoms with Crippen LogP contribution in [0.1, 0.15) is 19.7 Å². The quantitative estimate of drug-likeness (QED) is 0.791. The van der Waals surface area contributed by atoms with E-state index in [4.69, 9.17) is 0 Å². The van der Waals surface area contributed by atoms with E-state index in [1.165, 1.54) is 11.5 Å². The molecule has 1 saturated heterocycles. The second-order valence-corrected chi connectivity index (χ2v) is 4.38. The molecule has 1 fully saturated rings. The van der Waals surface area contributed by atoms with Crippen molar-refractivity contribution in [1.82, 2.24) is 14.7 Å². The van der Waals surface area contributed by atoms with E-state index >= 15 is 0 Å². The Morgan fingerprint density at radius 1 is 1.64 bits per heavy atom. The number of aromatic nitrogens is 2. The van der Waals surface area contributed by atoms with Crippen molar-refractivity contribution in [1.29, 1.82) is 0 Å². The third-order valence-electron chi connectivity index (χ3n) is 2.41. The summed E-state index contributed by atoms with van der Waals surface area (Å²) < 4.78 is 4.30. The predicted octanol–water partition coefficient (Wildman–Crippen LogP) is 0.899. The number of rotatable bonds is 2. The molecule has 0 aromatic carbocycles. The Morgan fingerprint density at radius 2 is 2.50 bits per heavy atom. The third-order valence-corrected chi connectivity index (χ3v) is 3.23. The van der Waals surface area contributed by atoms with Crippen LogP contribution in [0.3, 0.4) is 0 Å². The molecule has 1 aromatic rings. The number of nitrogens with zero attached hydrogens (tertiary/aromatic N) is 3. The zero-order chi connectivity index (χ0) is 9.97. The number of anilines is 1. The first-order chi connectivity index (χ1) is 6.79. The summed E-state index contributed by atoms with van der Waals surface area (Å²) in [6, 6.07) is 0.553. The first kappa shape index (κ1) is 9.86. The van der Waals surface area contributed by atoms with Crippen LogP contribution in [0.25, 0.3) is 0 Å². The third kappa shape index (κ3) is 2.04. The number of hydrogen-bond acceptors (Lipinski definition) is 5. The van der Waals surface area contributed by atoms with Crippen LogP contribution in [-0.2, 0) is 6.42 Å². The van der Waals surface area contributed by atoms with Gasteiger partial charge >= 0.3 is 0 Å². The van der Waals surface area contributed by atoms with Gasteiger partial charge in [-0.3, -0.25) is 0 Å². The van der Waals surface area contributed by atoms with Crippen LogP contribution in [0.15, 0.2) is 0 Å². The van der Waals surface area contributed by atoms with Gasteiger partial charge in [0, 0.05) is 43.6 Å². The van der Waals surface area contributed by atoms with Crippen molar-refractivity contribution in [2.24, 2.45) is 0 Å². The summed E-state index contributed by atoms with van der Waals surface area (Å²) in [7, 11) is 0. The molecule has 0 bridgehead atoms. The van der Waals surface area contributed by atoms with Crippen LogP contribution in [0.5, 0.6) is 0 Å². The molecule has 5 heteroatoms.